The van der Waals surface area contributed by atoms with Crippen molar-refractivity contribution < 1.29 is 18.3 Å². The summed E-state index contributed by atoms with van der Waals surface area (Å²) in [7, 11) is 0. The van der Waals surface area contributed by atoms with Crippen LogP contribution in [0.3, 0.4) is 0 Å². The van der Waals surface area contributed by atoms with Crippen LogP contribution in [0, 0.1) is 5.92 Å². The summed E-state index contributed by atoms with van der Waals surface area (Å²) < 4.78 is 36.2. The van der Waals surface area contributed by atoms with Crippen LogP contribution in [0.2, 0.25) is 0 Å². The minimum absolute atomic E-state index is 0.0854. The van der Waals surface area contributed by atoms with Crippen molar-refractivity contribution >= 4 is 32.8 Å². The van der Waals surface area contributed by atoms with E-state index in [0.29, 0.717) is 24.8 Å². The number of ether oxygens (including phenoxy) is 1. The number of halogens is 2. The van der Waals surface area contributed by atoms with E-state index in [4.69, 9.17) is 4.74 Å². The van der Waals surface area contributed by atoms with Crippen LogP contribution >= 0.6 is 11.3 Å². The summed E-state index contributed by atoms with van der Waals surface area (Å²) in [6, 6.07) is 3.70. The van der Waals surface area contributed by atoms with Crippen LogP contribution in [0.15, 0.2) is 24.5 Å². The average Bonchev–Trinajstić information content (AvgIpc) is 3.49. The molecular formula is C22H27F2N5O2S. The van der Waals surface area contributed by atoms with Gasteiger partial charge in [-0.05, 0) is 43.7 Å². The molecule has 1 aliphatic heterocycles. The number of rotatable bonds is 5. The highest BCUT2D eigenvalue weighted by Gasteiger charge is 2.26. The fourth-order valence-electron chi connectivity index (χ4n) is 4.55. The molecule has 7 nitrogen and oxygen atoms in total. The van der Waals surface area contributed by atoms with Crippen molar-refractivity contribution in [3.05, 3.63) is 35.9 Å². The van der Waals surface area contributed by atoms with Crippen molar-refractivity contribution in [2.45, 2.75) is 45.1 Å². The molecule has 2 fully saturated rings. The smallest absolute Gasteiger partial charge is 0.284 e. The molecule has 3 aromatic heterocycles. The second-order valence-corrected chi connectivity index (χ2v) is 9.71. The van der Waals surface area contributed by atoms with Gasteiger partial charge in [0.15, 0.2) is 5.69 Å². The number of carbonyl (C=O) groups excluding carboxylic acids is 1. The molecule has 0 aromatic carbocycles. The lowest BCUT2D eigenvalue weighted by Gasteiger charge is -2.26. The number of hydrogen-bond acceptors (Lipinski definition) is 5. The minimum atomic E-state index is -2.75. The second-order valence-electron chi connectivity index (χ2n) is 8.67. The van der Waals surface area contributed by atoms with Gasteiger partial charge >= 0.3 is 0 Å². The molecule has 32 heavy (non-hydrogen) atoms. The van der Waals surface area contributed by atoms with Crippen LogP contribution in [-0.2, 0) is 4.74 Å². The SMILES string of the molecule is CC1CCC(n2cc(NC(=O)c3ccc4sc(N5CCOCC5)cn34)c(C(F)F)n2)CC1. The van der Waals surface area contributed by atoms with E-state index in [1.807, 2.05) is 16.7 Å². The fourth-order valence-corrected chi connectivity index (χ4v) is 5.62. The molecule has 1 amide bonds. The maximum Gasteiger partial charge on any atom is 0.284 e. The van der Waals surface area contributed by atoms with Crippen LogP contribution in [0.4, 0.5) is 19.5 Å². The third kappa shape index (κ3) is 4.13. The molecule has 0 atom stereocenters. The first kappa shape index (κ1) is 21.4. The third-order valence-corrected chi connectivity index (χ3v) is 7.57. The number of anilines is 2. The number of fused-ring (bicyclic) bond motifs is 1. The molecule has 10 heteroatoms. The van der Waals surface area contributed by atoms with Crippen molar-refractivity contribution in [2.24, 2.45) is 5.92 Å². The van der Waals surface area contributed by atoms with Crippen LogP contribution < -0.4 is 10.2 Å². The summed E-state index contributed by atoms with van der Waals surface area (Å²) in [5.74, 6) is 0.232. The van der Waals surface area contributed by atoms with E-state index in [-0.39, 0.29) is 17.4 Å². The number of alkyl halides is 2. The molecule has 4 heterocycles. The molecule has 1 aliphatic carbocycles. The first-order valence-electron chi connectivity index (χ1n) is 11.1. The number of carbonyl (C=O) groups is 1. The monoisotopic (exact) mass is 463 g/mol. The number of nitrogens with one attached hydrogen (secondary N) is 1. The van der Waals surface area contributed by atoms with Crippen molar-refractivity contribution in [1.82, 2.24) is 14.2 Å². The Labute approximate surface area is 189 Å². The maximum absolute atomic E-state index is 13.7. The summed E-state index contributed by atoms with van der Waals surface area (Å²) in [6.45, 7) is 5.19. The minimum Gasteiger partial charge on any atom is -0.378 e. The van der Waals surface area contributed by atoms with Crippen molar-refractivity contribution in [2.75, 3.05) is 36.5 Å². The molecule has 172 valence electrons. The molecule has 5 rings (SSSR count). The number of aromatic nitrogens is 3. The molecule has 0 bridgehead atoms. The van der Waals surface area contributed by atoms with Gasteiger partial charge < -0.3 is 19.4 Å². The quantitative estimate of drug-likeness (QED) is 0.580. The van der Waals surface area contributed by atoms with Crippen molar-refractivity contribution in [3.63, 3.8) is 0 Å². The first-order chi connectivity index (χ1) is 15.5. The molecular weight excluding hydrogens is 436 g/mol. The van der Waals surface area contributed by atoms with Gasteiger partial charge in [0.2, 0.25) is 0 Å². The zero-order valence-electron chi connectivity index (χ0n) is 18.0. The Morgan fingerprint density at radius 3 is 2.66 bits per heavy atom. The molecule has 1 saturated heterocycles. The van der Waals surface area contributed by atoms with Gasteiger partial charge in [0, 0.05) is 25.5 Å². The van der Waals surface area contributed by atoms with Gasteiger partial charge in [-0.1, -0.05) is 18.3 Å². The summed E-state index contributed by atoms with van der Waals surface area (Å²) in [6.07, 6.45) is 4.69. The summed E-state index contributed by atoms with van der Waals surface area (Å²) in [5.41, 5.74) is 0.126. The summed E-state index contributed by atoms with van der Waals surface area (Å²) in [5, 5.41) is 7.90. The lowest BCUT2D eigenvalue weighted by Crippen LogP contribution is -2.35. The molecule has 3 aromatic rings. The number of morpholine rings is 1. The van der Waals surface area contributed by atoms with Gasteiger partial charge in [-0.2, -0.15) is 5.10 Å². The number of nitrogens with zero attached hydrogens (tertiary/aromatic N) is 4. The van der Waals surface area contributed by atoms with E-state index in [0.717, 1.165) is 48.6 Å². The lowest BCUT2D eigenvalue weighted by atomic mass is 9.87. The Balaban J connectivity index is 1.37. The Morgan fingerprint density at radius 2 is 1.94 bits per heavy atom. The largest absolute Gasteiger partial charge is 0.378 e. The fraction of sp³-hybridized carbons (Fsp3) is 0.545. The molecule has 1 N–H and O–H groups in total. The standard InChI is InChI=1S/C22H27F2N5O2S/c1-14-2-4-15(5-3-14)29-12-16(20(26-29)21(23)24)25-22(30)17-6-7-18-28(17)13-19(32-18)27-8-10-31-11-9-27/h6-7,12-15,21H,2-5,8-11H2,1H3,(H,25,30). The van der Waals surface area contributed by atoms with E-state index in [1.54, 1.807) is 28.3 Å². The van der Waals surface area contributed by atoms with Gasteiger partial charge in [0.1, 0.15) is 15.5 Å². The number of thiazole rings is 1. The number of hydrogen-bond donors (Lipinski definition) is 1. The molecule has 0 spiro atoms. The Hall–Kier alpha value is -2.46. The summed E-state index contributed by atoms with van der Waals surface area (Å²) >= 11 is 1.60. The maximum atomic E-state index is 13.7. The normalized spacial score (nSPS) is 22.1. The van der Waals surface area contributed by atoms with Crippen LogP contribution in [-0.4, -0.2) is 46.4 Å². The highest BCUT2D eigenvalue weighted by Crippen LogP contribution is 2.35. The zero-order valence-corrected chi connectivity index (χ0v) is 18.8. The zero-order chi connectivity index (χ0) is 22.2. The third-order valence-electron chi connectivity index (χ3n) is 6.46. The van der Waals surface area contributed by atoms with E-state index in [9.17, 15) is 13.6 Å². The lowest BCUT2D eigenvalue weighted by molar-refractivity contribution is 0.102. The van der Waals surface area contributed by atoms with Crippen molar-refractivity contribution in [3.8, 4) is 0 Å². The van der Waals surface area contributed by atoms with Gasteiger partial charge in [0.05, 0.1) is 24.9 Å². The van der Waals surface area contributed by atoms with Gasteiger partial charge in [-0.25, -0.2) is 8.78 Å². The first-order valence-corrected chi connectivity index (χ1v) is 11.9. The highest BCUT2D eigenvalue weighted by molar-refractivity contribution is 7.21. The van der Waals surface area contributed by atoms with Crippen LogP contribution in [0.1, 0.15) is 61.3 Å². The molecule has 2 aliphatic rings. The summed E-state index contributed by atoms with van der Waals surface area (Å²) in [4.78, 5) is 16.2. The second kappa shape index (κ2) is 8.82. The Kier molecular flexibility index (Phi) is 5.90. The van der Waals surface area contributed by atoms with E-state index < -0.39 is 12.3 Å². The van der Waals surface area contributed by atoms with E-state index >= 15 is 0 Å². The van der Waals surface area contributed by atoms with Gasteiger partial charge in [-0.3, -0.25) is 9.48 Å². The van der Waals surface area contributed by atoms with Gasteiger partial charge in [0.25, 0.3) is 12.3 Å². The highest BCUT2D eigenvalue weighted by atomic mass is 32.1. The molecule has 0 radical (unpaired) electrons. The van der Waals surface area contributed by atoms with E-state index in [1.165, 1.54) is 0 Å². The van der Waals surface area contributed by atoms with Crippen LogP contribution in [0.25, 0.3) is 4.83 Å². The van der Waals surface area contributed by atoms with E-state index in [2.05, 4.69) is 22.2 Å². The Bertz CT molecular complexity index is 1090. The predicted octanol–water partition coefficient (Wildman–Crippen LogP) is 4.98. The molecule has 1 saturated carbocycles. The predicted molar refractivity (Wildman–Crippen MR) is 120 cm³/mol. The molecule has 0 unspecified atom stereocenters. The van der Waals surface area contributed by atoms with Gasteiger partial charge in [-0.15, -0.1) is 0 Å². The van der Waals surface area contributed by atoms with Crippen molar-refractivity contribution in [1.29, 1.82) is 0 Å². The number of amides is 1. The average molecular weight is 464 g/mol. The Morgan fingerprint density at radius 1 is 1.19 bits per heavy atom. The van der Waals surface area contributed by atoms with Crippen LogP contribution in [0.5, 0.6) is 0 Å². The topological polar surface area (TPSA) is 63.8 Å².